The van der Waals surface area contributed by atoms with Gasteiger partial charge in [-0.1, -0.05) is 11.6 Å². The second-order valence-electron chi connectivity index (χ2n) is 7.44. The molecule has 1 aliphatic carbocycles. The summed E-state index contributed by atoms with van der Waals surface area (Å²) in [5, 5.41) is 20.1. The highest BCUT2D eigenvalue weighted by atomic mass is 16.5. The molecule has 0 spiro atoms. The van der Waals surface area contributed by atoms with Crippen LogP contribution < -0.4 is 10.1 Å². The summed E-state index contributed by atoms with van der Waals surface area (Å²) < 4.78 is 11.2. The van der Waals surface area contributed by atoms with E-state index in [1.54, 1.807) is 43.6 Å². The number of aromatic nitrogens is 4. The van der Waals surface area contributed by atoms with E-state index in [0.29, 0.717) is 29.8 Å². The number of ether oxygens (including phenoxy) is 2. The van der Waals surface area contributed by atoms with E-state index in [9.17, 15) is 9.59 Å². The third-order valence-corrected chi connectivity index (χ3v) is 5.06. The molecule has 0 saturated carbocycles. The number of carbonyl (C=O) groups excluding carboxylic acids is 1. The number of aliphatic carboxylic acids is 1. The molecule has 2 N–H and O–H groups in total. The van der Waals surface area contributed by atoms with Crippen molar-refractivity contribution in [3.8, 4) is 11.6 Å². The average molecular weight is 437 g/mol. The molecule has 10 nitrogen and oxygen atoms in total. The SMILES string of the molecule is Cn1nc2ccc(Oc3ncccc3C(=O)NCC3=CCC(OCC(=O)O)CC3)cc2n1. The number of aryl methyl sites for hydroxylation is 1. The molecule has 1 aliphatic rings. The van der Waals surface area contributed by atoms with E-state index in [1.807, 2.05) is 6.08 Å². The van der Waals surface area contributed by atoms with Crippen molar-refractivity contribution in [1.82, 2.24) is 25.3 Å². The summed E-state index contributed by atoms with van der Waals surface area (Å²) >= 11 is 0. The number of hydrogen-bond acceptors (Lipinski definition) is 7. The van der Waals surface area contributed by atoms with Crippen LogP contribution in [0.25, 0.3) is 11.0 Å². The summed E-state index contributed by atoms with van der Waals surface area (Å²) in [5.41, 5.74) is 2.83. The molecule has 0 fully saturated rings. The Morgan fingerprint density at radius 1 is 1.25 bits per heavy atom. The maximum Gasteiger partial charge on any atom is 0.329 e. The van der Waals surface area contributed by atoms with Crippen molar-refractivity contribution >= 4 is 22.9 Å². The Kier molecular flexibility index (Phi) is 6.41. The van der Waals surface area contributed by atoms with Gasteiger partial charge < -0.3 is 19.9 Å². The summed E-state index contributed by atoms with van der Waals surface area (Å²) in [5.74, 6) is -0.557. The molecule has 0 radical (unpaired) electrons. The van der Waals surface area contributed by atoms with Gasteiger partial charge in [-0.05, 0) is 43.5 Å². The summed E-state index contributed by atoms with van der Waals surface area (Å²) in [6.07, 6.45) is 5.54. The van der Waals surface area contributed by atoms with Crippen molar-refractivity contribution in [1.29, 1.82) is 0 Å². The van der Waals surface area contributed by atoms with Crippen LogP contribution in [0.2, 0.25) is 0 Å². The second kappa shape index (κ2) is 9.56. The number of nitrogens with one attached hydrogen (secondary N) is 1. The fraction of sp³-hybridized carbons (Fsp3) is 0.318. The third kappa shape index (κ3) is 5.27. The van der Waals surface area contributed by atoms with Crippen molar-refractivity contribution < 1.29 is 24.2 Å². The lowest BCUT2D eigenvalue weighted by atomic mass is 9.97. The molecule has 3 aromatic rings. The van der Waals surface area contributed by atoms with E-state index in [2.05, 4.69) is 20.5 Å². The van der Waals surface area contributed by atoms with Gasteiger partial charge in [0.15, 0.2) is 0 Å². The maximum absolute atomic E-state index is 12.8. The molecule has 32 heavy (non-hydrogen) atoms. The highest BCUT2D eigenvalue weighted by Gasteiger charge is 2.18. The first-order valence-electron chi connectivity index (χ1n) is 10.2. The molecule has 1 amide bonds. The number of amides is 1. The van der Waals surface area contributed by atoms with Crippen LogP contribution in [0.4, 0.5) is 0 Å². The van der Waals surface area contributed by atoms with E-state index < -0.39 is 5.97 Å². The molecule has 2 aromatic heterocycles. The first-order valence-corrected chi connectivity index (χ1v) is 10.2. The predicted molar refractivity (Wildman–Crippen MR) is 114 cm³/mol. The zero-order chi connectivity index (χ0) is 22.5. The Labute approximate surface area is 183 Å². The molecule has 1 unspecified atom stereocenters. The zero-order valence-corrected chi connectivity index (χ0v) is 17.5. The predicted octanol–water partition coefficient (Wildman–Crippen LogP) is 2.47. The van der Waals surface area contributed by atoms with Crippen LogP contribution in [-0.2, 0) is 16.6 Å². The number of nitrogens with zero attached hydrogens (tertiary/aromatic N) is 4. The standard InChI is InChI=1S/C22H23N5O5/c1-27-25-18-9-8-16(11-19(18)26-27)32-22-17(3-2-10-23-22)21(30)24-12-14-4-6-15(7-5-14)31-13-20(28)29/h2-4,8-11,15H,5-7,12-13H2,1H3,(H,24,30)(H,28,29). The largest absolute Gasteiger partial charge is 0.480 e. The first kappa shape index (κ1) is 21.4. The number of carboxylic acids is 1. The number of pyridine rings is 1. The van der Waals surface area contributed by atoms with Crippen molar-refractivity contribution in [3.05, 3.63) is 53.7 Å². The quantitative estimate of drug-likeness (QED) is 0.514. The fourth-order valence-electron chi connectivity index (χ4n) is 3.48. The van der Waals surface area contributed by atoms with Gasteiger partial charge in [-0.2, -0.15) is 15.0 Å². The van der Waals surface area contributed by atoms with E-state index in [-0.39, 0.29) is 24.5 Å². The van der Waals surface area contributed by atoms with Crippen LogP contribution in [0.5, 0.6) is 11.6 Å². The van der Waals surface area contributed by atoms with E-state index in [0.717, 1.165) is 23.9 Å². The molecule has 2 heterocycles. The van der Waals surface area contributed by atoms with Crippen molar-refractivity contribution in [3.63, 3.8) is 0 Å². The zero-order valence-electron chi connectivity index (χ0n) is 17.5. The van der Waals surface area contributed by atoms with Crippen molar-refractivity contribution in [2.75, 3.05) is 13.2 Å². The molecule has 0 saturated heterocycles. The van der Waals surface area contributed by atoms with Crippen molar-refractivity contribution in [2.24, 2.45) is 7.05 Å². The molecule has 0 bridgehead atoms. The molecule has 4 rings (SSSR count). The Hall–Kier alpha value is -3.79. The number of benzene rings is 1. The van der Waals surface area contributed by atoms with Crippen LogP contribution in [0.1, 0.15) is 29.6 Å². The maximum atomic E-state index is 12.8. The van der Waals surface area contributed by atoms with E-state index in [1.165, 1.54) is 4.80 Å². The topological polar surface area (TPSA) is 128 Å². The van der Waals surface area contributed by atoms with Gasteiger partial charge >= 0.3 is 5.97 Å². The van der Waals surface area contributed by atoms with Gasteiger partial charge in [-0.15, -0.1) is 0 Å². The van der Waals surface area contributed by atoms with Crippen LogP contribution in [0.15, 0.2) is 48.2 Å². The summed E-state index contributed by atoms with van der Waals surface area (Å²) in [6, 6.07) is 8.63. The summed E-state index contributed by atoms with van der Waals surface area (Å²) in [4.78, 5) is 29.1. The van der Waals surface area contributed by atoms with Crippen LogP contribution in [-0.4, -0.2) is 56.2 Å². The molecule has 166 valence electrons. The Bertz CT molecular complexity index is 1170. The lowest BCUT2D eigenvalue weighted by molar-refractivity contribution is -0.144. The minimum absolute atomic E-state index is 0.101. The molecular formula is C22H23N5O5. The number of rotatable bonds is 8. The summed E-state index contributed by atoms with van der Waals surface area (Å²) in [6.45, 7) is 0.0997. The van der Waals surface area contributed by atoms with Gasteiger partial charge in [0.2, 0.25) is 5.88 Å². The third-order valence-electron chi connectivity index (χ3n) is 5.06. The van der Waals surface area contributed by atoms with Crippen LogP contribution in [0.3, 0.4) is 0 Å². The number of carbonyl (C=O) groups is 2. The second-order valence-corrected chi connectivity index (χ2v) is 7.44. The minimum atomic E-state index is -0.974. The van der Waals surface area contributed by atoms with Gasteiger partial charge in [0.25, 0.3) is 5.91 Å². The van der Waals surface area contributed by atoms with E-state index in [4.69, 9.17) is 14.6 Å². The molecule has 10 heteroatoms. The number of carboxylic acid groups (broad SMARTS) is 1. The van der Waals surface area contributed by atoms with Crippen molar-refractivity contribution in [2.45, 2.75) is 25.4 Å². The average Bonchev–Trinajstić information content (AvgIpc) is 3.16. The molecule has 1 atom stereocenters. The first-order chi connectivity index (χ1) is 15.5. The van der Waals surface area contributed by atoms with Gasteiger partial charge in [0, 0.05) is 25.9 Å². The normalized spacial score (nSPS) is 15.9. The summed E-state index contributed by atoms with van der Waals surface area (Å²) in [7, 11) is 1.74. The molecular weight excluding hydrogens is 414 g/mol. The van der Waals surface area contributed by atoms with Gasteiger partial charge in [-0.3, -0.25) is 4.79 Å². The smallest absolute Gasteiger partial charge is 0.329 e. The van der Waals surface area contributed by atoms with E-state index >= 15 is 0 Å². The van der Waals surface area contributed by atoms with Crippen LogP contribution >= 0.6 is 0 Å². The van der Waals surface area contributed by atoms with Gasteiger partial charge in [-0.25, -0.2) is 9.78 Å². The molecule has 1 aromatic carbocycles. The lowest BCUT2D eigenvalue weighted by Gasteiger charge is -2.22. The monoisotopic (exact) mass is 437 g/mol. The van der Waals surface area contributed by atoms with Crippen LogP contribution in [0, 0.1) is 0 Å². The lowest BCUT2D eigenvalue weighted by Crippen LogP contribution is -2.28. The highest BCUT2D eigenvalue weighted by Crippen LogP contribution is 2.26. The highest BCUT2D eigenvalue weighted by molar-refractivity contribution is 5.96. The Morgan fingerprint density at radius 3 is 2.88 bits per heavy atom. The minimum Gasteiger partial charge on any atom is -0.480 e. The number of hydrogen-bond donors (Lipinski definition) is 2. The molecule has 0 aliphatic heterocycles. The van der Waals surface area contributed by atoms with Gasteiger partial charge in [0.05, 0.1) is 6.10 Å². The number of fused-ring (bicyclic) bond motifs is 1. The Morgan fingerprint density at radius 2 is 2.09 bits per heavy atom. The van der Waals surface area contributed by atoms with Gasteiger partial charge in [0.1, 0.15) is 29.0 Å². The Balaban J connectivity index is 1.37. The fourth-order valence-corrected chi connectivity index (χ4v) is 3.48.